The van der Waals surface area contributed by atoms with Gasteiger partial charge in [-0.05, 0) is 38.6 Å². The fourth-order valence-electron chi connectivity index (χ4n) is 3.03. The van der Waals surface area contributed by atoms with E-state index in [-0.39, 0.29) is 0 Å². The van der Waals surface area contributed by atoms with Crippen LogP contribution in [0.1, 0.15) is 24.1 Å². The first-order chi connectivity index (χ1) is 9.13. The van der Waals surface area contributed by atoms with Crippen molar-refractivity contribution < 1.29 is 4.74 Å². The molecule has 0 radical (unpaired) electrons. The quantitative estimate of drug-likeness (QED) is 0.867. The molecule has 1 aliphatic heterocycles. The normalized spacial score (nSPS) is 19.7. The van der Waals surface area contributed by atoms with Crippen LogP contribution >= 0.6 is 0 Å². The molecule has 2 heterocycles. The number of hydrogen-bond donors (Lipinski definition) is 1. The van der Waals surface area contributed by atoms with Crippen molar-refractivity contribution in [3.05, 3.63) is 11.3 Å². The number of aromatic nitrogens is 2. The first-order valence-electron chi connectivity index (χ1n) is 7.15. The van der Waals surface area contributed by atoms with Crippen molar-refractivity contribution in [1.29, 1.82) is 0 Å². The third-order valence-corrected chi connectivity index (χ3v) is 3.86. The molecule has 1 fully saturated rings. The summed E-state index contributed by atoms with van der Waals surface area (Å²) in [5.41, 5.74) is 8.09. The Morgan fingerprint density at radius 1 is 1.53 bits per heavy atom. The molecule has 0 saturated carbocycles. The molecule has 1 aromatic heterocycles. The van der Waals surface area contributed by atoms with E-state index >= 15 is 0 Å². The molecule has 5 nitrogen and oxygen atoms in total. The lowest BCUT2D eigenvalue weighted by Gasteiger charge is -2.29. The van der Waals surface area contributed by atoms with Crippen LogP contribution in [0.4, 0.5) is 5.82 Å². The van der Waals surface area contributed by atoms with E-state index in [9.17, 15) is 0 Å². The van der Waals surface area contributed by atoms with Crippen LogP contribution in [0.25, 0.3) is 0 Å². The SMILES string of the molecule is Cc1nn(C)c(N(C)CC2CCCOC2)c1CCN. The lowest BCUT2D eigenvalue weighted by atomic mass is 10.0. The van der Waals surface area contributed by atoms with Gasteiger partial charge < -0.3 is 15.4 Å². The fourth-order valence-corrected chi connectivity index (χ4v) is 3.03. The number of nitrogens with zero attached hydrogens (tertiary/aromatic N) is 3. The zero-order chi connectivity index (χ0) is 13.8. The molecule has 0 aliphatic carbocycles. The largest absolute Gasteiger partial charge is 0.381 e. The summed E-state index contributed by atoms with van der Waals surface area (Å²) in [4.78, 5) is 2.31. The Balaban J connectivity index is 2.10. The maximum absolute atomic E-state index is 5.72. The number of hydrogen-bond acceptors (Lipinski definition) is 4. The smallest absolute Gasteiger partial charge is 0.129 e. The van der Waals surface area contributed by atoms with E-state index in [1.165, 1.54) is 24.2 Å². The molecule has 1 unspecified atom stereocenters. The predicted octanol–water partition coefficient (Wildman–Crippen LogP) is 1.09. The highest BCUT2D eigenvalue weighted by molar-refractivity contribution is 5.49. The Bertz CT molecular complexity index is 410. The summed E-state index contributed by atoms with van der Waals surface area (Å²) in [5, 5.41) is 4.53. The van der Waals surface area contributed by atoms with Crippen LogP contribution in [-0.2, 0) is 18.2 Å². The minimum atomic E-state index is 0.625. The molecule has 1 atom stereocenters. The number of rotatable bonds is 5. The van der Waals surface area contributed by atoms with Crippen LogP contribution in [0, 0.1) is 12.8 Å². The minimum Gasteiger partial charge on any atom is -0.381 e. The molecule has 2 N–H and O–H groups in total. The van der Waals surface area contributed by atoms with Gasteiger partial charge in [0, 0.05) is 32.8 Å². The van der Waals surface area contributed by atoms with E-state index in [0.29, 0.717) is 12.5 Å². The summed E-state index contributed by atoms with van der Waals surface area (Å²) in [7, 11) is 4.15. The number of ether oxygens (including phenoxy) is 1. The van der Waals surface area contributed by atoms with Crippen molar-refractivity contribution in [3.63, 3.8) is 0 Å². The standard InChI is InChI=1S/C14H26N4O/c1-11-13(6-7-15)14(18(3)16-11)17(2)9-12-5-4-8-19-10-12/h12H,4-10,15H2,1-3H3. The second-order valence-electron chi connectivity index (χ2n) is 5.51. The van der Waals surface area contributed by atoms with Gasteiger partial charge in [0.15, 0.2) is 0 Å². The number of nitrogens with two attached hydrogens (primary N) is 1. The Labute approximate surface area is 115 Å². The van der Waals surface area contributed by atoms with E-state index < -0.39 is 0 Å². The van der Waals surface area contributed by atoms with Gasteiger partial charge in [-0.25, -0.2) is 0 Å². The molecule has 1 aromatic rings. The molecule has 0 bridgehead atoms. The molecule has 0 amide bonds. The Hall–Kier alpha value is -1.07. The zero-order valence-electron chi connectivity index (χ0n) is 12.4. The van der Waals surface area contributed by atoms with E-state index in [2.05, 4.69) is 24.0 Å². The Morgan fingerprint density at radius 3 is 2.95 bits per heavy atom. The highest BCUT2D eigenvalue weighted by Crippen LogP contribution is 2.24. The second kappa shape index (κ2) is 6.39. The summed E-state index contributed by atoms with van der Waals surface area (Å²) in [6.45, 7) is 5.55. The van der Waals surface area contributed by atoms with E-state index in [0.717, 1.165) is 31.9 Å². The molecule has 19 heavy (non-hydrogen) atoms. The van der Waals surface area contributed by atoms with Crippen LogP contribution in [-0.4, -0.2) is 43.1 Å². The molecule has 0 spiro atoms. The van der Waals surface area contributed by atoms with Crippen LogP contribution in [0.15, 0.2) is 0 Å². The van der Waals surface area contributed by atoms with Gasteiger partial charge in [0.25, 0.3) is 0 Å². The number of anilines is 1. The molecular formula is C14H26N4O. The Kier molecular flexibility index (Phi) is 4.82. The molecule has 0 aromatic carbocycles. The maximum Gasteiger partial charge on any atom is 0.129 e. The van der Waals surface area contributed by atoms with Crippen LogP contribution < -0.4 is 10.6 Å². The highest BCUT2D eigenvalue weighted by atomic mass is 16.5. The Morgan fingerprint density at radius 2 is 2.32 bits per heavy atom. The average Bonchev–Trinajstić information content (AvgIpc) is 2.66. The highest BCUT2D eigenvalue weighted by Gasteiger charge is 2.21. The maximum atomic E-state index is 5.72. The first-order valence-corrected chi connectivity index (χ1v) is 7.15. The van der Waals surface area contributed by atoms with E-state index in [4.69, 9.17) is 10.5 Å². The monoisotopic (exact) mass is 266 g/mol. The van der Waals surface area contributed by atoms with Gasteiger partial charge in [-0.3, -0.25) is 4.68 Å². The van der Waals surface area contributed by atoms with Crippen LogP contribution in [0.2, 0.25) is 0 Å². The number of aryl methyl sites for hydroxylation is 2. The van der Waals surface area contributed by atoms with Gasteiger partial charge in [0.05, 0.1) is 12.3 Å². The van der Waals surface area contributed by atoms with Gasteiger partial charge in [-0.2, -0.15) is 5.10 Å². The third-order valence-electron chi connectivity index (χ3n) is 3.86. The second-order valence-corrected chi connectivity index (χ2v) is 5.51. The summed E-state index contributed by atoms with van der Waals surface area (Å²) in [5.74, 6) is 1.83. The first kappa shape index (κ1) is 14.3. The lowest BCUT2D eigenvalue weighted by molar-refractivity contribution is 0.0575. The molecule has 1 saturated heterocycles. The van der Waals surface area contributed by atoms with Crippen LogP contribution in [0.5, 0.6) is 0 Å². The third kappa shape index (κ3) is 3.28. The molecule has 1 aliphatic rings. The van der Waals surface area contributed by atoms with Crippen molar-refractivity contribution in [1.82, 2.24) is 9.78 Å². The van der Waals surface area contributed by atoms with Gasteiger partial charge in [-0.1, -0.05) is 0 Å². The van der Waals surface area contributed by atoms with Crippen molar-refractivity contribution in [2.45, 2.75) is 26.2 Å². The summed E-state index contributed by atoms with van der Waals surface area (Å²) < 4.78 is 7.54. The molecular weight excluding hydrogens is 240 g/mol. The summed E-state index contributed by atoms with van der Waals surface area (Å²) >= 11 is 0. The van der Waals surface area contributed by atoms with Crippen molar-refractivity contribution >= 4 is 5.82 Å². The van der Waals surface area contributed by atoms with Gasteiger partial charge >= 0.3 is 0 Å². The topological polar surface area (TPSA) is 56.3 Å². The van der Waals surface area contributed by atoms with Crippen molar-refractivity contribution in [3.8, 4) is 0 Å². The zero-order valence-corrected chi connectivity index (χ0v) is 12.4. The van der Waals surface area contributed by atoms with Gasteiger partial charge in [0.2, 0.25) is 0 Å². The van der Waals surface area contributed by atoms with Crippen molar-refractivity contribution in [2.75, 3.05) is 38.3 Å². The average molecular weight is 266 g/mol. The molecule has 2 rings (SSSR count). The minimum absolute atomic E-state index is 0.625. The molecule has 5 heteroatoms. The van der Waals surface area contributed by atoms with Gasteiger partial charge in [-0.15, -0.1) is 0 Å². The summed E-state index contributed by atoms with van der Waals surface area (Å²) in [6, 6.07) is 0. The van der Waals surface area contributed by atoms with E-state index in [1.807, 2.05) is 11.7 Å². The summed E-state index contributed by atoms with van der Waals surface area (Å²) in [6.07, 6.45) is 3.33. The predicted molar refractivity (Wildman–Crippen MR) is 77.5 cm³/mol. The van der Waals surface area contributed by atoms with Crippen molar-refractivity contribution in [2.24, 2.45) is 18.7 Å². The fraction of sp³-hybridized carbons (Fsp3) is 0.786. The van der Waals surface area contributed by atoms with Gasteiger partial charge in [0.1, 0.15) is 5.82 Å². The molecule has 108 valence electrons. The lowest BCUT2D eigenvalue weighted by Crippen LogP contribution is -2.32. The van der Waals surface area contributed by atoms with E-state index in [1.54, 1.807) is 0 Å². The van der Waals surface area contributed by atoms with Crippen LogP contribution in [0.3, 0.4) is 0 Å².